The Morgan fingerprint density at radius 1 is 0.970 bits per heavy atom. The molecule has 5 nitrogen and oxygen atoms in total. The number of Topliss-reactive ketones (excluding diaryl/α,β-unsaturated/α-hetero) is 1. The molecule has 170 valence electrons. The van der Waals surface area contributed by atoms with Gasteiger partial charge in [0.15, 0.2) is 5.78 Å². The number of ketones is 1. The van der Waals surface area contributed by atoms with Gasteiger partial charge in [-0.1, -0.05) is 42.5 Å². The fraction of sp³-hybridized carbons (Fsp3) is 0.357. The summed E-state index contributed by atoms with van der Waals surface area (Å²) in [5, 5.41) is 13.2. The number of aromatic hydroxyl groups is 1. The monoisotopic (exact) mass is 443 g/mol. The van der Waals surface area contributed by atoms with Crippen LogP contribution in [0.4, 0.5) is 0 Å². The molecule has 2 atom stereocenters. The van der Waals surface area contributed by atoms with E-state index in [9.17, 15) is 14.7 Å². The lowest BCUT2D eigenvalue weighted by molar-refractivity contribution is -0.144. The predicted molar refractivity (Wildman–Crippen MR) is 125 cm³/mol. The molecule has 1 heterocycles. The van der Waals surface area contributed by atoms with Crippen molar-refractivity contribution in [3.63, 3.8) is 0 Å². The Balaban J connectivity index is 1.54. The summed E-state index contributed by atoms with van der Waals surface area (Å²) >= 11 is 0. The number of hydrogen-bond acceptors (Lipinski definition) is 5. The van der Waals surface area contributed by atoms with Crippen molar-refractivity contribution >= 4 is 11.8 Å². The van der Waals surface area contributed by atoms with E-state index in [1.54, 1.807) is 24.3 Å². The first-order valence-electron chi connectivity index (χ1n) is 11.8. The summed E-state index contributed by atoms with van der Waals surface area (Å²) in [6.07, 6.45) is 4.99. The number of dihydropyridines is 1. The number of allylic oxidation sites excluding steroid dienone is 3. The largest absolute Gasteiger partial charge is 0.508 e. The zero-order chi connectivity index (χ0) is 22.9. The fourth-order valence-electron chi connectivity index (χ4n) is 5.49. The van der Waals surface area contributed by atoms with Crippen LogP contribution in [0.25, 0.3) is 0 Å². The number of ether oxygens (including phenoxy) is 1. The van der Waals surface area contributed by atoms with Gasteiger partial charge in [-0.2, -0.15) is 0 Å². The first-order valence-corrected chi connectivity index (χ1v) is 11.8. The lowest BCUT2D eigenvalue weighted by Crippen LogP contribution is -2.36. The summed E-state index contributed by atoms with van der Waals surface area (Å²) in [7, 11) is 0. The van der Waals surface area contributed by atoms with E-state index in [0.29, 0.717) is 24.0 Å². The number of esters is 1. The van der Waals surface area contributed by atoms with E-state index in [2.05, 4.69) is 17.4 Å². The van der Waals surface area contributed by atoms with Gasteiger partial charge in [0.2, 0.25) is 0 Å². The molecule has 1 fully saturated rings. The van der Waals surface area contributed by atoms with Crippen molar-refractivity contribution in [2.24, 2.45) is 0 Å². The van der Waals surface area contributed by atoms with Crippen LogP contribution >= 0.6 is 0 Å². The Kier molecular flexibility index (Phi) is 5.79. The van der Waals surface area contributed by atoms with Gasteiger partial charge >= 0.3 is 5.97 Å². The number of nitrogens with one attached hydrogen (secondary N) is 1. The average molecular weight is 444 g/mol. The minimum atomic E-state index is -0.500. The van der Waals surface area contributed by atoms with Crippen LogP contribution in [0.5, 0.6) is 5.75 Å². The molecular formula is C28H29NO4. The summed E-state index contributed by atoms with van der Waals surface area (Å²) in [5.41, 5.74) is 4.72. The second-order valence-electron chi connectivity index (χ2n) is 9.33. The van der Waals surface area contributed by atoms with Gasteiger partial charge in [-0.05, 0) is 68.2 Å². The second kappa shape index (κ2) is 8.89. The Labute approximate surface area is 194 Å². The molecule has 0 spiro atoms. The Morgan fingerprint density at radius 2 is 1.67 bits per heavy atom. The molecule has 0 amide bonds. The Bertz CT molecular complexity index is 1120. The van der Waals surface area contributed by atoms with Crippen molar-refractivity contribution in [2.75, 3.05) is 0 Å². The zero-order valence-corrected chi connectivity index (χ0v) is 18.8. The maximum atomic E-state index is 13.6. The van der Waals surface area contributed by atoms with Crippen molar-refractivity contribution in [3.05, 3.63) is 88.3 Å². The van der Waals surface area contributed by atoms with E-state index in [0.717, 1.165) is 48.2 Å². The lowest BCUT2D eigenvalue weighted by atomic mass is 9.71. The first kappa shape index (κ1) is 21.5. The van der Waals surface area contributed by atoms with Crippen LogP contribution in [-0.2, 0) is 14.3 Å². The summed E-state index contributed by atoms with van der Waals surface area (Å²) in [4.78, 5) is 26.9. The number of phenolic OH excluding ortho intramolecular Hbond substituents is 1. The molecule has 33 heavy (non-hydrogen) atoms. The quantitative estimate of drug-likeness (QED) is 0.632. The number of carbonyl (C=O) groups is 2. The molecule has 0 saturated heterocycles. The van der Waals surface area contributed by atoms with Gasteiger partial charge in [-0.25, -0.2) is 4.79 Å². The summed E-state index contributed by atoms with van der Waals surface area (Å²) in [6.45, 7) is 1.89. The molecule has 2 aliphatic carbocycles. The molecule has 1 saturated carbocycles. The summed E-state index contributed by atoms with van der Waals surface area (Å²) < 4.78 is 5.88. The maximum Gasteiger partial charge on any atom is 0.337 e. The predicted octanol–water partition coefficient (Wildman–Crippen LogP) is 5.24. The Hall–Kier alpha value is -3.34. The number of carbonyl (C=O) groups excluding carboxylic acids is 2. The van der Waals surface area contributed by atoms with E-state index >= 15 is 0 Å². The minimum absolute atomic E-state index is 0.0503. The zero-order valence-electron chi connectivity index (χ0n) is 18.8. The molecule has 0 unspecified atom stereocenters. The maximum absolute atomic E-state index is 13.6. The van der Waals surface area contributed by atoms with Crippen molar-refractivity contribution in [1.82, 2.24) is 5.32 Å². The Morgan fingerprint density at radius 3 is 2.36 bits per heavy atom. The number of phenols is 1. The van der Waals surface area contributed by atoms with Gasteiger partial charge < -0.3 is 15.2 Å². The van der Waals surface area contributed by atoms with Crippen LogP contribution in [0.1, 0.15) is 68.4 Å². The van der Waals surface area contributed by atoms with Gasteiger partial charge in [0.1, 0.15) is 11.9 Å². The van der Waals surface area contributed by atoms with Crippen molar-refractivity contribution in [1.29, 1.82) is 0 Å². The topological polar surface area (TPSA) is 75.6 Å². The molecule has 0 aromatic heterocycles. The highest BCUT2D eigenvalue weighted by molar-refractivity contribution is 6.04. The highest BCUT2D eigenvalue weighted by atomic mass is 16.5. The van der Waals surface area contributed by atoms with Crippen LogP contribution in [-0.4, -0.2) is 23.0 Å². The third-order valence-corrected chi connectivity index (χ3v) is 7.12. The van der Waals surface area contributed by atoms with Gasteiger partial charge in [0, 0.05) is 29.3 Å². The van der Waals surface area contributed by atoms with E-state index in [1.807, 2.05) is 25.1 Å². The van der Waals surface area contributed by atoms with E-state index in [-0.39, 0.29) is 29.5 Å². The molecule has 1 aliphatic heterocycles. The first-order chi connectivity index (χ1) is 16.0. The fourth-order valence-corrected chi connectivity index (χ4v) is 5.49. The van der Waals surface area contributed by atoms with Crippen LogP contribution in [0.3, 0.4) is 0 Å². The van der Waals surface area contributed by atoms with Crippen molar-refractivity contribution < 1.29 is 19.4 Å². The highest BCUT2D eigenvalue weighted by Gasteiger charge is 2.42. The normalized spacial score (nSPS) is 23.4. The molecular weight excluding hydrogens is 414 g/mol. The van der Waals surface area contributed by atoms with E-state index in [4.69, 9.17) is 4.74 Å². The van der Waals surface area contributed by atoms with Crippen LogP contribution in [0.15, 0.2) is 77.1 Å². The molecule has 5 rings (SSSR count). The van der Waals surface area contributed by atoms with Crippen LogP contribution in [0, 0.1) is 0 Å². The van der Waals surface area contributed by atoms with Crippen molar-refractivity contribution in [2.45, 2.75) is 63.4 Å². The van der Waals surface area contributed by atoms with Gasteiger partial charge in [0.05, 0.1) is 5.57 Å². The standard InChI is InChI=1S/C28H29NO4/c1-17-25(28(32)33-22-9-5-6-10-22)26(19-11-13-21(30)14-12-19)27-23(29-17)15-20(16-24(27)31)18-7-3-2-4-8-18/h2-4,7-8,11-14,20,22,26,29-30H,5-6,9-10,15-16H2,1H3/t20-,26+/m0/s1. The summed E-state index contributed by atoms with van der Waals surface area (Å²) in [6, 6.07) is 16.9. The van der Waals surface area contributed by atoms with Gasteiger partial charge in [-0.15, -0.1) is 0 Å². The van der Waals surface area contributed by atoms with Gasteiger partial charge in [0.25, 0.3) is 0 Å². The van der Waals surface area contributed by atoms with Gasteiger partial charge in [-0.3, -0.25) is 4.79 Å². The smallest absolute Gasteiger partial charge is 0.337 e. The molecule has 2 N–H and O–H groups in total. The molecule has 3 aliphatic rings. The number of hydrogen-bond donors (Lipinski definition) is 2. The molecule has 5 heteroatoms. The molecule has 0 bridgehead atoms. The highest BCUT2D eigenvalue weighted by Crippen LogP contribution is 2.46. The van der Waals surface area contributed by atoms with Crippen molar-refractivity contribution in [3.8, 4) is 5.75 Å². The van der Waals surface area contributed by atoms with E-state index < -0.39 is 5.92 Å². The van der Waals surface area contributed by atoms with E-state index in [1.165, 1.54) is 0 Å². The average Bonchev–Trinajstić information content (AvgIpc) is 3.32. The second-order valence-corrected chi connectivity index (χ2v) is 9.33. The molecule has 0 radical (unpaired) electrons. The minimum Gasteiger partial charge on any atom is -0.508 e. The van der Waals surface area contributed by atoms with Crippen LogP contribution in [0.2, 0.25) is 0 Å². The number of benzene rings is 2. The molecule has 2 aromatic carbocycles. The van der Waals surface area contributed by atoms with Crippen LogP contribution < -0.4 is 5.32 Å². The SMILES string of the molecule is CC1=C(C(=O)OC2CCCC2)[C@@H](c2ccc(O)cc2)C2=C(C[C@H](c3ccccc3)CC2=O)N1. The summed E-state index contributed by atoms with van der Waals surface area (Å²) in [5.74, 6) is -0.550. The third kappa shape index (κ3) is 4.20. The lowest BCUT2D eigenvalue weighted by Gasteiger charge is -2.37. The molecule has 2 aromatic rings. The third-order valence-electron chi connectivity index (χ3n) is 7.12. The number of rotatable bonds is 4.